The molecule has 2 N–H and O–H groups in total. The van der Waals surface area contributed by atoms with Crippen LogP contribution in [0.3, 0.4) is 0 Å². The third kappa shape index (κ3) is 3.80. The van der Waals surface area contributed by atoms with Crippen molar-refractivity contribution in [1.82, 2.24) is 10.6 Å². The molecule has 15 heavy (non-hydrogen) atoms. The Kier molecular flexibility index (Phi) is 4.54. The molecule has 1 unspecified atom stereocenters. The summed E-state index contributed by atoms with van der Waals surface area (Å²) in [4.78, 5) is 11.7. The summed E-state index contributed by atoms with van der Waals surface area (Å²) in [5, 5.41) is 6.36. The zero-order chi connectivity index (χ0) is 11.3. The van der Waals surface area contributed by atoms with E-state index in [4.69, 9.17) is 4.74 Å². The predicted octanol–water partition coefficient (Wildman–Crippen LogP) is 0.670. The Labute approximate surface area is 91.8 Å². The highest BCUT2D eigenvalue weighted by atomic mass is 16.5. The molecular weight excluding hydrogens is 192 g/mol. The number of rotatable bonds is 4. The van der Waals surface area contributed by atoms with Crippen molar-refractivity contribution in [1.29, 1.82) is 0 Å². The van der Waals surface area contributed by atoms with E-state index >= 15 is 0 Å². The lowest BCUT2D eigenvalue weighted by atomic mass is 9.90. The number of hydrogen-bond acceptors (Lipinski definition) is 3. The van der Waals surface area contributed by atoms with E-state index in [1.807, 2.05) is 6.92 Å². The van der Waals surface area contributed by atoms with Crippen LogP contribution >= 0.6 is 0 Å². The molecule has 1 aliphatic heterocycles. The van der Waals surface area contributed by atoms with Gasteiger partial charge in [-0.05, 0) is 46.7 Å². The van der Waals surface area contributed by atoms with Gasteiger partial charge in [0.1, 0.15) is 6.10 Å². The highest BCUT2D eigenvalue weighted by Gasteiger charge is 2.29. The van der Waals surface area contributed by atoms with Crippen molar-refractivity contribution in [2.75, 3.05) is 19.7 Å². The number of nitrogens with one attached hydrogen (secondary N) is 2. The van der Waals surface area contributed by atoms with Crippen LogP contribution in [0.4, 0.5) is 0 Å². The smallest absolute Gasteiger partial charge is 0.249 e. The van der Waals surface area contributed by atoms with Gasteiger partial charge in [0.05, 0.1) is 0 Å². The Morgan fingerprint density at radius 2 is 2.13 bits per heavy atom. The van der Waals surface area contributed by atoms with Crippen molar-refractivity contribution in [3.63, 3.8) is 0 Å². The molecule has 0 spiro atoms. The summed E-state index contributed by atoms with van der Waals surface area (Å²) in [6.45, 7) is 8.32. The van der Waals surface area contributed by atoms with Gasteiger partial charge in [0.15, 0.2) is 0 Å². The third-order valence-electron chi connectivity index (χ3n) is 2.92. The molecule has 1 atom stereocenters. The van der Waals surface area contributed by atoms with Crippen LogP contribution in [0.15, 0.2) is 0 Å². The molecule has 1 heterocycles. The van der Waals surface area contributed by atoms with E-state index in [1.54, 1.807) is 6.92 Å². The highest BCUT2D eigenvalue weighted by Crippen LogP contribution is 2.17. The molecule has 1 rings (SSSR count). The van der Waals surface area contributed by atoms with E-state index in [1.165, 1.54) is 0 Å². The van der Waals surface area contributed by atoms with Gasteiger partial charge in [-0.2, -0.15) is 0 Å². The zero-order valence-corrected chi connectivity index (χ0v) is 9.93. The number of carbonyl (C=O) groups is 1. The first-order valence-corrected chi connectivity index (χ1v) is 5.72. The van der Waals surface area contributed by atoms with E-state index in [0.29, 0.717) is 6.61 Å². The molecule has 0 radical (unpaired) electrons. The van der Waals surface area contributed by atoms with Crippen LogP contribution in [0.25, 0.3) is 0 Å². The second-order valence-electron chi connectivity index (χ2n) is 4.40. The highest BCUT2D eigenvalue weighted by molar-refractivity contribution is 5.81. The van der Waals surface area contributed by atoms with Gasteiger partial charge in [-0.25, -0.2) is 0 Å². The molecule has 0 aromatic carbocycles. The van der Waals surface area contributed by atoms with Crippen LogP contribution in [-0.2, 0) is 9.53 Å². The molecule has 1 aliphatic rings. The summed E-state index contributed by atoms with van der Waals surface area (Å²) >= 11 is 0. The van der Waals surface area contributed by atoms with Crippen LogP contribution in [0, 0.1) is 0 Å². The lowest BCUT2D eigenvalue weighted by Gasteiger charge is -2.35. The maximum absolute atomic E-state index is 11.7. The molecular formula is C11H22N2O2. The molecule has 4 heteroatoms. The summed E-state index contributed by atoms with van der Waals surface area (Å²) in [6.07, 6.45) is 1.62. The lowest BCUT2D eigenvalue weighted by molar-refractivity contribution is -0.133. The molecule has 0 saturated carbocycles. The van der Waals surface area contributed by atoms with Gasteiger partial charge in [0.2, 0.25) is 5.91 Å². The van der Waals surface area contributed by atoms with Crippen LogP contribution < -0.4 is 10.6 Å². The topological polar surface area (TPSA) is 50.4 Å². The van der Waals surface area contributed by atoms with Crippen molar-refractivity contribution < 1.29 is 9.53 Å². The average molecular weight is 214 g/mol. The van der Waals surface area contributed by atoms with E-state index in [-0.39, 0.29) is 17.6 Å². The van der Waals surface area contributed by atoms with Crippen LogP contribution in [0.1, 0.15) is 33.6 Å². The summed E-state index contributed by atoms with van der Waals surface area (Å²) in [6, 6.07) is 0. The van der Waals surface area contributed by atoms with Gasteiger partial charge in [-0.15, -0.1) is 0 Å². The molecule has 0 aromatic rings. The Morgan fingerprint density at radius 1 is 1.53 bits per heavy atom. The number of amides is 1. The molecule has 1 saturated heterocycles. The minimum absolute atomic E-state index is 0.00116. The largest absolute Gasteiger partial charge is 0.369 e. The first-order valence-electron chi connectivity index (χ1n) is 5.72. The third-order valence-corrected chi connectivity index (χ3v) is 2.92. The van der Waals surface area contributed by atoms with E-state index in [2.05, 4.69) is 17.6 Å². The van der Waals surface area contributed by atoms with Gasteiger partial charge in [-0.1, -0.05) is 0 Å². The molecule has 0 aliphatic carbocycles. The second kappa shape index (κ2) is 5.47. The van der Waals surface area contributed by atoms with Gasteiger partial charge in [-0.3, -0.25) is 4.79 Å². The minimum atomic E-state index is -0.346. The van der Waals surface area contributed by atoms with Crippen molar-refractivity contribution in [2.45, 2.75) is 45.3 Å². The van der Waals surface area contributed by atoms with Crippen LogP contribution in [0.5, 0.6) is 0 Å². The fourth-order valence-corrected chi connectivity index (χ4v) is 1.83. The quantitative estimate of drug-likeness (QED) is 0.723. The Hall–Kier alpha value is -0.610. The second-order valence-corrected chi connectivity index (χ2v) is 4.40. The van der Waals surface area contributed by atoms with Crippen molar-refractivity contribution >= 4 is 5.91 Å². The molecule has 1 fully saturated rings. The summed E-state index contributed by atoms with van der Waals surface area (Å²) < 4.78 is 5.26. The van der Waals surface area contributed by atoms with Gasteiger partial charge in [0.25, 0.3) is 0 Å². The fourth-order valence-electron chi connectivity index (χ4n) is 1.83. The minimum Gasteiger partial charge on any atom is -0.369 e. The molecule has 88 valence electrons. The summed E-state index contributed by atoms with van der Waals surface area (Å²) in [5.41, 5.74) is -0.0618. The zero-order valence-electron chi connectivity index (χ0n) is 9.93. The van der Waals surface area contributed by atoms with Gasteiger partial charge < -0.3 is 15.4 Å². The van der Waals surface area contributed by atoms with Crippen molar-refractivity contribution in [3.8, 4) is 0 Å². The molecule has 4 nitrogen and oxygen atoms in total. The van der Waals surface area contributed by atoms with E-state index in [9.17, 15) is 4.79 Å². The summed E-state index contributed by atoms with van der Waals surface area (Å²) in [5.74, 6) is 0.00116. The first kappa shape index (κ1) is 12.5. The SMILES string of the molecule is CCOC(C)C(=O)NC1(C)CCNCC1. The molecule has 0 bridgehead atoms. The standard InChI is InChI=1S/C11H22N2O2/c1-4-15-9(2)10(14)13-11(3)5-7-12-8-6-11/h9,12H,4-8H2,1-3H3,(H,13,14). The Balaban J connectivity index is 2.41. The average Bonchev–Trinajstić information content (AvgIpc) is 2.18. The Morgan fingerprint density at radius 3 is 2.67 bits per heavy atom. The van der Waals surface area contributed by atoms with Gasteiger partial charge in [0, 0.05) is 12.1 Å². The first-order chi connectivity index (χ1) is 7.07. The monoisotopic (exact) mass is 214 g/mol. The van der Waals surface area contributed by atoms with E-state index in [0.717, 1.165) is 25.9 Å². The van der Waals surface area contributed by atoms with E-state index < -0.39 is 0 Å². The van der Waals surface area contributed by atoms with Gasteiger partial charge >= 0.3 is 0 Å². The van der Waals surface area contributed by atoms with Crippen LogP contribution in [-0.4, -0.2) is 37.2 Å². The number of carbonyl (C=O) groups excluding carboxylic acids is 1. The fraction of sp³-hybridized carbons (Fsp3) is 0.909. The van der Waals surface area contributed by atoms with Crippen molar-refractivity contribution in [2.24, 2.45) is 0 Å². The van der Waals surface area contributed by atoms with Crippen molar-refractivity contribution in [3.05, 3.63) is 0 Å². The number of hydrogen-bond donors (Lipinski definition) is 2. The lowest BCUT2D eigenvalue weighted by Crippen LogP contribution is -2.54. The summed E-state index contributed by atoms with van der Waals surface area (Å²) in [7, 11) is 0. The number of ether oxygens (including phenoxy) is 1. The maximum atomic E-state index is 11.7. The molecule has 1 amide bonds. The maximum Gasteiger partial charge on any atom is 0.249 e. The predicted molar refractivity (Wildman–Crippen MR) is 59.7 cm³/mol. The van der Waals surface area contributed by atoms with Crippen LogP contribution in [0.2, 0.25) is 0 Å². The molecule has 0 aromatic heterocycles. The Bertz CT molecular complexity index is 213. The number of piperidine rings is 1. The normalized spacial score (nSPS) is 22.1.